The van der Waals surface area contributed by atoms with Crippen molar-refractivity contribution < 1.29 is 22.1 Å². The zero-order chi connectivity index (χ0) is 18.0. The van der Waals surface area contributed by atoms with Gasteiger partial charge in [0.05, 0.1) is 17.4 Å². The molecule has 1 fully saturated rings. The van der Waals surface area contributed by atoms with Crippen molar-refractivity contribution in [2.24, 2.45) is 11.8 Å². The van der Waals surface area contributed by atoms with Gasteiger partial charge in [-0.3, -0.25) is 8.98 Å². The first-order chi connectivity index (χ1) is 11.1. The maximum atomic E-state index is 12.1. The van der Waals surface area contributed by atoms with Crippen LogP contribution in [0.2, 0.25) is 0 Å². The summed E-state index contributed by atoms with van der Waals surface area (Å²) < 4.78 is 34.6. The van der Waals surface area contributed by atoms with Gasteiger partial charge in [0.15, 0.2) is 0 Å². The molecule has 1 aliphatic carbocycles. The third-order valence-electron chi connectivity index (χ3n) is 4.05. The van der Waals surface area contributed by atoms with Gasteiger partial charge >= 0.3 is 5.97 Å². The van der Waals surface area contributed by atoms with E-state index in [2.05, 4.69) is 0 Å². The summed E-state index contributed by atoms with van der Waals surface area (Å²) in [7, 11) is -3.70. The van der Waals surface area contributed by atoms with Crippen molar-refractivity contribution in [1.82, 2.24) is 0 Å². The zero-order valence-corrected chi connectivity index (χ0v) is 15.6. The van der Waals surface area contributed by atoms with Crippen molar-refractivity contribution in [2.75, 3.05) is 6.61 Å². The van der Waals surface area contributed by atoms with Crippen LogP contribution >= 0.6 is 0 Å². The van der Waals surface area contributed by atoms with Crippen molar-refractivity contribution in [3.05, 3.63) is 29.8 Å². The normalized spacial score (nSPS) is 21.2. The maximum absolute atomic E-state index is 12.1. The molecule has 0 saturated heterocycles. The molecule has 6 heteroatoms. The standard InChI is InChI=1S/C18H26O5S/c1-13-5-7-16(8-6-13)24(20,21)22-10-9-14-11-15(12-14)17(19)23-18(2,3)4/h5-8,14-15H,9-12H2,1-4H3. The van der Waals surface area contributed by atoms with Crippen LogP contribution in [0.1, 0.15) is 45.6 Å². The lowest BCUT2D eigenvalue weighted by molar-refractivity contribution is -0.165. The SMILES string of the molecule is Cc1ccc(S(=O)(=O)OCCC2CC(C(=O)OC(C)(C)C)C2)cc1. The van der Waals surface area contributed by atoms with Crippen molar-refractivity contribution in [1.29, 1.82) is 0 Å². The van der Waals surface area contributed by atoms with Gasteiger partial charge in [0, 0.05) is 0 Å². The van der Waals surface area contributed by atoms with Crippen LogP contribution in [-0.4, -0.2) is 26.6 Å². The number of hydrogen-bond acceptors (Lipinski definition) is 5. The van der Waals surface area contributed by atoms with Crippen molar-refractivity contribution in [3.8, 4) is 0 Å². The summed E-state index contributed by atoms with van der Waals surface area (Å²) in [5, 5.41) is 0. The number of carbonyl (C=O) groups excluding carboxylic acids is 1. The Balaban J connectivity index is 1.72. The molecule has 0 aromatic heterocycles. The monoisotopic (exact) mass is 354 g/mol. The second-order valence-corrected chi connectivity index (χ2v) is 9.06. The molecule has 0 atom stereocenters. The average Bonchev–Trinajstić information content (AvgIpc) is 2.39. The number of ether oxygens (including phenoxy) is 1. The molecular formula is C18H26O5S. The Hall–Kier alpha value is -1.40. The molecular weight excluding hydrogens is 328 g/mol. The number of aryl methyl sites for hydroxylation is 1. The number of esters is 1. The van der Waals surface area contributed by atoms with Gasteiger partial charge in [-0.2, -0.15) is 8.42 Å². The van der Waals surface area contributed by atoms with E-state index in [0.29, 0.717) is 12.3 Å². The Morgan fingerprint density at radius 2 is 1.75 bits per heavy atom. The first-order valence-electron chi connectivity index (χ1n) is 8.26. The molecule has 0 spiro atoms. The minimum atomic E-state index is -3.70. The van der Waals surface area contributed by atoms with Crippen molar-refractivity contribution in [2.45, 2.75) is 57.5 Å². The van der Waals surface area contributed by atoms with E-state index >= 15 is 0 Å². The number of hydrogen-bond donors (Lipinski definition) is 0. The molecule has 5 nitrogen and oxygen atoms in total. The highest BCUT2D eigenvalue weighted by atomic mass is 32.2. The van der Waals surface area contributed by atoms with Gasteiger partial charge in [-0.05, 0) is 65.0 Å². The predicted octanol–water partition coefficient (Wildman–Crippen LogP) is 3.46. The fourth-order valence-corrected chi connectivity index (χ4v) is 3.57. The molecule has 0 amide bonds. The van der Waals surface area contributed by atoms with Gasteiger partial charge < -0.3 is 4.74 Å². The first-order valence-corrected chi connectivity index (χ1v) is 9.66. The minimum absolute atomic E-state index is 0.0667. The molecule has 0 unspecified atom stereocenters. The largest absolute Gasteiger partial charge is 0.460 e. The average molecular weight is 354 g/mol. The smallest absolute Gasteiger partial charge is 0.309 e. The molecule has 1 aliphatic rings. The topological polar surface area (TPSA) is 69.7 Å². The zero-order valence-electron chi connectivity index (χ0n) is 14.7. The van der Waals surface area contributed by atoms with Crippen LogP contribution in [0, 0.1) is 18.8 Å². The van der Waals surface area contributed by atoms with E-state index in [1.165, 1.54) is 0 Å². The second kappa shape index (κ2) is 7.23. The molecule has 1 saturated carbocycles. The highest BCUT2D eigenvalue weighted by Gasteiger charge is 2.37. The quantitative estimate of drug-likeness (QED) is 0.578. The predicted molar refractivity (Wildman–Crippen MR) is 91.0 cm³/mol. The number of benzene rings is 1. The van der Waals surface area contributed by atoms with Crippen LogP contribution < -0.4 is 0 Å². The van der Waals surface area contributed by atoms with E-state index in [4.69, 9.17) is 8.92 Å². The third-order valence-corrected chi connectivity index (χ3v) is 5.38. The van der Waals surface area contributed by atoms with Gasteiger partial charge in [-0.25, -0.2) is 0 Å². The van der Waals surface area contributed by atoms with Gasteiger partial charge in [0.2, 0.25) is 0 Å². The lowest BCUT2D eigenvalue weighted by Crippen LogP contribution is -2.36. The van der Waals surface area contributed by atoms with E-state index in [9.17, 15) is 13.2 Å². The summed E-state index contributed by atoms with van der Waals surface area (Å²) in [6.45, 7) is 7.59. The van der Waals surface area contributed by atoms with Crippen LogP contribution in [0.5, 0.6) is 0 Å². The molecule has 0 aliphatic heterocycles. The molecule has 0 bridgehead atoms. The summed E-state index contributed by atoms with van der Waals surface area (Å²) in [6.07, 6.45) is 2.11. The highest BCUT2D eigenvalue weighted by molar-refractivity contribution is 7.86. The molecule has 24 heavy (non-hydrogen) atoms. The van der Waals surface area contributed by atoms with E-state index in [-0.39, 0.29) is 23.4 Å². The van der Waals surface area contributed by atoms with Gasteiger partial charge in [0.25, 0.3) is 10.1 Å². The van der Waals surface area contributed by atoms with E-state index in [1.807, 2.05) is 27.7 Å². The van der Waals surface area contributed by atoms with Crippen LogP contribution in [0.4, 0.5) is 0 Å². The Kier molecular flexibility index (Phi) is 5.71. The van der Waals surface area contributed by atoms with E-state index in [1.54, 1.807) is 24.3 Å². The van der Waals surface area contributed by atoms with Crippen LogP contribution in [0.15, 0.2) is 29.2 Å². The third kappa shape index (κ3) is 5.31. The molecule has 0 heterocycles. The van der Waals surface area contributed by atoms with E-state index < -0.39 is 15.7 Å². The molecule has 1 aromatic rings. The summed E-state index contributed by atoms with van der Waals surface area (Å²) in [6, 6.07) is 6.58. The van der Waals surface area contributed by atoms with E-state index in [0.717, 1.165) is 18.4 Å². The lowest BCUT2D eigenvalue weighted by Gasteiger charge is -2.35. The van der Waals surface area contributed by atoms with Gasteiger partial charge in [-0.15, -0.1) is 0 Å². The molecule has 0 N–H and O–H groups in total. The van der Waals surface area contributed by atoms with Crippen molar-refractivity contribution >= 4 is 16.1 Å². The first kappa shape index (κ1) is 18.9. The van der Waals surface area contributed by atoms with Gasteiger partial charge in [0.1, 0.15) is 5.60 Å². The number of rotatable bonds is 6. The fourth-order valence-electron chi connectivity index (χ4n) is 2.65. The minimum Gasteiger partial charge on any atom is -0.460 e. The highest BCUT2D eigenvalue weighted by Crippen LogP contribution is 2.37. The summed E-state index contributed by atoms with van der Waals surface area (Å²) in [5.41, 5.74) is 0.532. The van der Waals surface area contributed by atoms with Crippen LogP contribution in [0.3, 0.4) is 0 Å². The fraction of sp³-hybridized carbons (Fsp3) is 0.611. The second-order valence-electron chi connectivity index (χ2n) is 7.45. The molecule has 1 aromatic carbocycles. The summed E-state index contributed by atoms with van der Waals surface area (Å²) in [4.78, 5) is 12.1. The molecule has 0 radical (unpaired) electrons. The Morgan fingerprint density at radius 3 is 2.29 bits per heavy atom. The molecule has 2 rings (SSSR count). The summed E-state index contributed by atoms with van der Waals surface area (Å²) in [5.74, 6) is 0.0885. The van der Waals surface area contributed by atoms with Crippen LogP contribution in [-0.2, 0) is 23.8 Å². The molecule has 134 valence electrons. The Morgan fingerprint density at radius 1 is 1.17 bits per heavy atom. The Labute approximate surface area is 144 Å². The maximum Gasteiger partial charge on any atom is 0.309 e. The van der Waals surface area contributed by atoms with Gasteiger partial charge in [-0.1, -0.05) is 17.7 Å². The Bertz CT molecular complexity index is 664. The summed E-state index contributed by atoms with van der Waals surface area (Å²) >= 11 is 0. The van der Waals surface area contributed by atoms with Crippen molar-refractivity contribution in [3.63, 3.8) is 0 Å². The number of carbonyl (C=O) groups is 1. The van der Waals surface area contributed by atoms with Crippen LogP contribution in [0.25, 0.3) is 0 Å². The lowest BCUT2D eigenvalue weighted by atomic mass is 9.73.